The maximum absolute atomic E-state index is 12.9. The van der Waals surface area contributed by atoms with Gasteiger partial charge in [-0.1, -0.05) is 18.8 Å². The zero-order valence-electron chi connectivity index (χ0n) is 21.9. The number of anilines is 4. The van der Waals surface area contributed by atoms with E-state index in [1.807, 2.05) is 18.2 Å². The van der Waals surface area contributed by atoms with Crippen molar-refractivity contribution in [3.8, 4) is 12.3 Å². The van der Waals surface area contributed by atoms with Gasteiger partial charge in [0.1, 0.15) is 5.82 Å². The van der Waals surface area contributed by atoms with Gasteiger partial charge in [0.15, 0.2) is 5.65 Å². The maximum atomic E-state index is 12.9. The molecular weight excluding hydrogens is 492 g/mol. The van der Waals surface area contributed by atoms with Gasteiger partial charge in [-0.05, 0) is 43.2 Å². The molecule has 10 heteroatoms. The number of hydrogen-bond acceptors (Lipinski definition) is 8. The van der Waals surface area contributed by atoms with Crippen molar-refractivity contribution in [2.24, 2.45) is 0 Å². The van der Waals surface area contributed by atoms with Crippen molar-refractivity contribution in [2.45, 2.75) is 37.3 Å². The van der Waals surface area contributed by atoms with E-state index in [9.17, 15) is 4.79 Å². The standard InChI is InChI=1S/C29H32N8O2/c1-2-20-15-25(37-28(38)31-19-29(37)9-3-4-10-29)33-26-24(20)16-30-27(34-26)32-21-5-7-22(8-6-21)35-11-13-36(14-12-35)23-17-39-18-23/h1,5-8,15-16,23H,3-4,9-14,17-19H2,(H,31,38)(H,30,32,33,34). The summed E-state index contributed by atoms with van der Waals surface area (Å²) in [4.78, 5) is 33.6. The molecule has 2 aromatic heterocycles. The van der Waals surface area contributed by atoms with E-state index in [1.54, 1.807) is 11.1 Å². The average molecular weight is 525 g/mol. The Bertz CT molecular complexity index is 1430. The van der Waals surface area contributed by atoms with E-state index in [1.165, 1.54) is 5.69 Å². The topological polar surface area (TPSA) is 98.8 Å². The Labute approximate surface area is 227 Å². The molecule has 10 nitrogen and oxygen atoms in total. The lowest BCUT2D eigenvalue weighted by molar-refractivity contribution is -0.0660. The van der Waals surface area contributed by atoms with Gasteiger partial charge >= 0.3 is 6.03 Å². The minimum atomic E-state index is -0.238. The number of nitrogens with one attached hydrogen (secondary N) is 2. The predicted molar refractivity (Wildman–Crippen MR) is 150 cm³/mol. The first kappa shape index (κ1) is 24.1. The number of urea groups is 1. The first-order valence-corrected chi connectivity index (χ1v) is 13.8. The second kappa shape index (κ2) is 9.67. The highest BCUT2D eigenvalue weighted by molar-refractivity contribution is 5.97. The quantitative estimate of drug-likeness (QED) is 0.492. The van der Waals surface area contributed by atoms with Crippen molar-refractivity contribution in [1.29, 1.82) is 0 Å². The van der Waals surface area contributed by atoms with Crippen LogP contribution in [-0.2, 0) is 4.74 Å². The second-order valence-corrected chi connectivity index (χ2v) is 10.9. The number of aromatic nitrogens is 3. The zero-order valence-corrected chi connectivity index (χ0v) is 21.9. The fourth-order valence-corrected chi connectivity index (χ4v) is 6.35. The number of terminal acetylenes is 1. The third-order valence-corrected chi connectivity index (χ3v) is 8.66. The molecule has 3 saturated heterocycles. The monoisotopic (exact) mass is 524 g/mol. The number of hydrogen-bond donors (Lipinski definition) is 2. The highest BCUT2D eigenvalue weighted by Crippen LogP contribution is 2.40. The van der Waals surface area contributed by atoms with Gasteiger partial charge in [-0.25, -0.2) is 14.8 Å². The zero-order chi connectivity index (χ0) is 26.4. The van der Waals surface area contributed by atoms with Crippen LogP contribution < -0.4 is 20.4 Å². The number of nitrogens with zero attached hydrogens (tertiary/aromatic N) is 6. The molecule has 2 N–H and O–H groups in total. The van der Waals surface area contributed by atoms with Crippen molar-refractivity contribution >= 4 is 40.2 Å². The number of piperazine rings is 1. The van der Waals surface area contributed by atoms with Crippen LogP contribution in [0, 0.1) is 12.3 Å². The van der Waals surface area contributed by atoms with Gasteiger partial charge in [-0.2, -0.15) is 4.98 Å². The molecule has 200 valence electrons. The lowest BCUT2D eigenvalue weighted by atomic mass is 9.97. The molecule has 3 aliphatic heterocycles. The van der Waals surface area contributed by atoms with Crippen LogP contribution in [0.4, 0.5) is 27.9 Å². The molecule has 4 fully saturated rings. The SMILES string of the molecule is C#Cc1cc(N2C(=O)NCC23CCCC3)nc2nc(Nc3ccc(N4CCN(C5COC5)CC4)cc3)ncc12. The van der Waals surface area contributed by atoms with Crippen molar-refractivity contribution in [1.82, 2.24) is 25.2 Å². The van der Waals surface area contributed by atoms with Gasteiger partial charge in [0.05, 0.1) is 30.2 Å². The van der Waals surface area contributed by atoms with Crippen molar-refractivity contribution in [3.63, 3.8) is 0 Å². The highest BCUT2D eigenvalue weighted by Gasteiger charge is 2.48. The van der Waals surface area contributed by atoms with Gasteiger partial charge in [-0.15, -0.1) is 6.42 Å². The van der Waals surface area contributed by atoms with E-state index < -0.39 is 0 Å². The number of benzene rings is 1. The second-order valence-electron chi connectivity index (χ2n) is 10.9. The van der Waals surface area contributed by atoms with E-state index in [0.29, 0.717) is 40.9 Å². The molecule has 1 aromatic carbocycles. The molecule has 2 amide bonds. The van der Waals surface area contributed by atoms with Crippen LogP contribution in [0.25, 0.3) is 11.0 Å². The molecule has 0 unspecified atom stereocenters. The Hall–Kier alpha value is -3.94. The fourth-order valence-electron chi connectivity index (χ4n) is 6.35. The van der Waals surface area contributed by atoms with E-state index in [4.69, 9.17) is 16.1 Å². The molecule has 4 aliphatic rings. The molecule has 5 heterocycles. The summed E-state index contributed by atoms with van der Waals surface area (Å²) in [6.45, 7) is 6.52. The van der Waals surface area contributed by atoms with Crippen LogP contribution in [-0.4, -0.2) is 83.4 Å². The molecule has 1 saturated carbocycles. The molecule has 1 spiro atoms. The number of amides is 2. The van der Waals surface area contributed by atoms with E-state index in [0.717, 1.165) is 70.8 Å². The Kier molecular flexibility index (Phi) is 5.98. The van der Waals surface area contributed by atoms with Crippen LogP contribution in [0.1, 0.15) is 31.2 Å². The van der Waals surface area contributed by atoms with Crippen LogP contribution in [0.15, 0.2) is 36.5 Å². The Morgan fingerprint density at radius 2 is 1.85 bits per heavy atom. The Balaban J connectivity index is 1.10. The van der Waals surface area contributed by atoms with Crippen molar-refractivity contribution in [3.05, 3.63) is 42.1 Å². The minimum Gasteiger partial charge on any atom is -0.378 e. The van der Waals surface area contributed by atoms with Crippen LogP contribution >= 0.6 is 0 Å². The number of fused-ring (bicyclic) bond motifs is 1. The molecule has 0 bridgehead atoms. The molecule has 0 atom stereocenters. The predicted octanol–water partition coefficient (Wildman–Crippen LogP) is 3.11. The van der Waals surface area contributed by atoms with Gasteiger partial charge in [0.2, 0.25) is 5.95 Å². The highest BCUT2D eigenvalue weighted by atomic mass is 16.5. The number of ether oxygens (including phenoxy) is 1. The molecule has 7 rings (SSSR count). The number of pyridine rings is 1. The first-order valence-electron chi connectivity index (χ1n) is 13.8. The largest absolute Gasteiger partial charge is 0.378 e. The van der Waals surface area contributed by atoms with E-state index in [2.05, 4.69) is 48.5 Å². The van der Waals surface area contributed by atoms with Crippen molar-refractivity contribution < 1.29 is 9.53 Å². The first-order chi connectivity index (χ1) is 19.1. The van der Waals surface area contributed by atoms with Crippen LogP contribution in [0.3, 0.4) is 0 Å². The lowest BCUT2D eigenvalue weighted by Gasteiger charge is -2.43. The van der Waals surface area contributed by atoms with Crippen molar-refractivity contribution in [2.75, 3.05) is 61.1 Å². The third-order valence-electron chi connectivity index (χ3n) is 8.66. The summed E-state index contributed by atoms with van der Waals surface area (Å²) < 4.78 is 5.35. The summed E-state index contributed by atoms with van der Waals surface area (Å²) in [5.74, 6) is 3.72. The normalized spacial score (nSPS) is 21.3. The molecule has 1 aliphatic carbocycles. The van der Waals surface area contributed by atoms with Crippen LogP contribution in [0.2, 0.25) is 0 Å². The summed E-state index contributed by atoms with van der Waals surface area (Å²) in [5, 5.41) is 7.00. The summed E-state index contributed by atoms with van der Waals surface area (Å²) in [6.07, 6.45) is 11.7. The van der Waals surface area contributed by atoms with Gasteiger partial charge in [0.25, 0.3) is 0 Å². The molecule has 0 radical (unpaired) electrons. The maximum Gasteiger partial charge on any atom is 0.323 e. The summed E-state index contributed by atoms with van der Waals surface area (Å²) in [7, 11) is 0. The van der Waals surface area contributed by atoms with E-state index in [-0.39, 0.29) is 11.6 Å². The summed E-state index contributed by atoms with van der Waals surface area (Å²) >= 11 is 0. The number of carbonyl (C=O) groups is 1. The summed E-state index contributed by atoms with van der Waals surface area (Å²) in [6, 6.07) is 10.6. The lowest BCUT2D eigenvalue weighted by Crippen LogP contribution is -2.56. The summed E-state index contributed by atoms with van der Waals surface area (Å²) in [5.41, 5.74) is 2.96. The fraction of sp³-hybridized carbons (Fsp3) is 0.448. The molecule has 39 heavy (non-hydrogen) atoms. The molecule has 3 aromatic rings. The average Bonchev–Trinajstić information content (AvgIpc) is 3.54. The Morgan fingerprint density at radius 3 is 2.54 bits per heavy atom. The van der Waals surface area contributed by atoms with Crippen LogP contribution in [0.5, 0.6) is 0 Å². The molecular formula is C29H32N8O2. The third kappa shape index (κ3) is 4.32. The van der Waals surface area contributed by atoms with E-state index >= 15 is 0 Å². The Morgan fingerprint density at radius 1 is 1.08 bits per heavy atom. The smallest absolute Gasteiger partial charge is 0.323 e. The number of carbonyl (C=O) groups excluding carboxylic acids is 1. The minimum absolute atomic E-state index is 0.127. The number of rotatable bonds is 5. The van der Waals surface area contributed by atoms with Gasteiger partial charge < -0.3 is 20.3 Å². The van der Waals surface area contributed by atoms with Gasteiger partial charge in [0, 0.05) is 55.9 Å². The van der Waals surface area contributed by atoms with Gasteiger partial charge in [-0.3, -0.25) is 9.80 Å².